The quantitative estimate of drug-likeness (QED) is 0.456. The van der Waals surface area contributed by atoms with Crippen molar-refractivity contribution in [1.82, 2.24) is 0 Å². The number of allylic oxidation sites excluding steroid dienone is 1. The van der Waals surface area contributed by atoms with Crippen molar-refractivity contribution >= 4 is 12.6 Å². The molecule has 0 aromatic heterocycles. The minimum Gasteiger partial charge on any atom is -0.327 e. The zero-order valence-corrected chi connectivity index (χ0v) is 6.77. The van der Waals surface area contributed by atoms with E-state index in [0.717, 1.165) is 12.8 Å². The van der Waals surface area contributed by atoms with E-state index >= 15 is 0 Å². The molecule has 0 radical (unpaired) electrons. The highest BCUT2D eigenvalue weighted by Crippen LogP contribution is 2.02. The molecule has 1 unspecified atom stereocenters. The summed E-state index contributed by atoms with van der Waals surface area (Å²) < 4.78 is 0. The van der Waals surface area contributed by atoms with Crippen LogP contribution in [0.3, 0.4) is 0 Å². The Kier molecular flexibility index (Phi) is 6.21. The molecule has 0 saturated heterocycles. The van der Waals surface area contributed by atoms with E-state index in [4.69, 9.17) is 5.73 Å². The first kappa shape index (κ1) is 9.05. The molecular weight excluding hydrogens is 130 g/mol. The van der Waals surface area contributed by atoms with E-state index in [2.05, 4.69) is 25.6 Å². The van der Waals surface area contributed by atoms with Gasteiger partial charge in [-0.1, -0.05) is 19.1 Å². The molecule has 0 heterocycles. The van der Waals surface area contributed by atoms with Gasteiger partial charge in [0.1, 0.15) is 0 Å². The van der Waals surface area contributed by atoms with Crippen molar-refractivity contribution in [3.63, 3.8) is 0 Å². The Balaban J connectivity index is 2.99. The highest BCUT2D eigenvalue weighted by Gasteiger charge is 1.89. The molecule has 0 saturated carbocycles. The van der Waals surface area contributed by atoms with Crippen molar-refractivity contribution in [3.05, 3.63) is 12.2 Å². The van der Waals surface area contributed by atoms with E-state index in [1.54, 1.807) is 0 Å². The summed E-state index contributed by atoms with van der Waals surface area (Å²) >= 11 is 4.24. The van der Waals surface area contributed by atoms with Crippen LogP contribution in [-0.4, -0.2) is 11.8 Å². The predicted molar refractivity (Wildman–Crippen MR) is 45.9 cm³/mol. The van der Waals surface area contributed by atoms with Crippen LogP contribution in [0.4, 0.5) is 0 Å². The van der Waals surface area contributed by atoms with Crippen molar-refractivity contribution in [1.29, 1.82) is 0 Å². The van der Waals surface area contributed by atoms with E-state index in [9.17, 15) is 0 Å². The van der Waals surface area contributed by atoms with Crippen LogP contribution < -0.4 is 5.73 Å². The van der Waals surface area contributed by atoms with E-state index in [-0.39, 0.29) is 0 Å². The van der Waals surface area contributed by atoms with Crippen molar-refractivity contribution in [2.75, 3.05) is 6.54 Å². The Morgan fingerprint density at radius 2 is 2.22 bits per heavy atom. The van der Waals surface area contributed by atoms with Crippen LogP contribution in [-0.2, 0) is 0 Å². The molecule has 0 aliphatic heterocycles. The third kappa shape index (κ3) is 8.05. The van der Waals surface area contributed by atoms with E-state index in [1.807, 2.05) is 6.08 Å². The molecule has 1 nitrogen and oxygen atoms in total. The minimum absolute atomic E-state index is 0.507. The maximum absolute atomic E-state index is 5.24. The lowest BCUT2D eigenvalue weighted by Crippen LogP contribution is -1.93. The lowest BCUT2D eigenvalue weighted by molar-refractivity contribution is 0.836. The Bertz CT molecular complexity index is 79.0. The lowest BCUT2D eigenvalue weighted by Gasteiger charge is -1.97. The predicted octanol–water partition coefficient (Wildman–Crippen LogP) is 1.60. The molecule has 0 amide bonds. The van der Waals surface area contributed by atoms with Crippen molar-refractivity contribution < 1.29 is 0 Å². The fraction of sp³-hybridized carbons (Fsp3) is 0.714. The fourth-order valence-electron chi connectivity index (χ4n) is 0.552. The molecule has 0 spiro atoms. The van der Waals surface area contributed by atoms with Crippen LogP contribution >= 0.6 is 12.6 Å². The average molecular weight is 145 g/mol. The zero-order valence-electron chi connectivity index (χ0n) is 5.88. The Morgan fingerprint density at radius 3 is 2.67 bits per heavy atom. The molecule has 54 valence electrons. The van der Waals surface area contributed by atoms with Crippen LogP contribution in [0.5, 0.6) is 0 Å². The molecule has 1 atom stereocenters. The maximum Gasteiger partial charge on any atom is 0.0106 e. The van der Waals surface area contributed by atoms with Gasteiger partial charge in [0, 0.05) is 6.54 Å². The largest absolute Gasteiger partial charge is 0.327 e. The minimum atomic E-state index is 0.507. The molecule has 2 heteroatoms. The number of hydrogen-bond acceptors (Lipinski definition) is 2. The second-order valence-corrected chi connectivity index (χ2v) is 3.02. The molecule has 0 aromatic carbocycles. The summed E-state index contributed by atoms with van der Waals surface area (Å²) in [5.74, 6) is 0. The topological polar surface area (TPSA) is 26.0 Å². The highest BCUT2D eigenvalue weighted by atomic mass is 32.1. The van der Waals surface area contributed by atoms with E-state index in [1.165, 1.54) is 0 Å². The van der Waals surface area contributed by atoms with Crippen molar-refractivity contribution in [2.24, 2.45) is 5.73 Å². The van der Waals surface area contributed by atoms with Crippen LogP contribution in [0.1, 0.15) is 19.8 Å². The smallest absolute Gasteiger partial charge is 0.0106 e. The Morgan fingerprint density at radius 1 is 1.56 bits per heavy atom. The van der Waals surface area contributed by atoms with Crippen LogP contribution in [0.25, 0.3) is 0 Å². The number of hydrogen-bond donors (Lipinski definition) is 2. The zero-order chi connectivity index (χ0) is 7.11. The SMILES string of the molecule is CC(S)CC/C=C\CN. The first-order valence-corrected chi connectivity index (χ1v) is 3.82. The summed E-state index contributed by atoms with van der Waals surface area (Å²) in [6.07, 6.45) is 6.32. The summed E-state index contributed by atoms with van der Waals surface area (Å²) in [5.41, 5.74) is 5.24. The Labute approximate surface area is 62.7 Å². The normalized spacial score (nSPS) is 14.6. The molecule has 9 heavy (non-hydrogen) atoms. The van der Waals surface area contributed by atoms with Crippen LogP contribution in [0.2, 0.25) is 0 Å². The van der Waals surface area contributed by atoms with Gasteiger partial charge in [-0.25, -0.2) is 0 Å². The second kappa shape index (κ2) is 6.17. The van der Waals surface area contributed by atoms with Gasteiger partial charge in [-0.2, -0.15) is 12.6 Å². The summed E-state index contributed by atoms with van der Waals surface area (Å²) in [6.45, 7) is 2.75. The highest BCUT2D eigenvalue weighted by molar-refractivity contribution is 7.80. The van der Waals surface area contributed by atoms with Gasteiger partial charge in [0.05, 0.1) is 0 Å². The maximum atomic E-state index is 5.24. The van der Waals surface area contributed by atoms with Gasteiger partial charge in [0.2, 0.25) is 0 Å². The van der Waals surface area contributed by atoms with Gasteiger partial charge in [-0.15, -0.1) is 0 Å². The fourth-order valence-corrected chi connectivity index (χ4v) is 0.701. The van der Waals surface area contributed by atoms with E-state index < -0.39 is 0 Å². The number of rotatable bonds is 4. The van der Waals surface area contributed by atoms with Gasteiger partial charge >= 0.3 is 0 Å². The molecule has 0 fully saturated rings. The monoisotopic (exact) mass is 145 g/mol. The first-order chi connectivity index (χ1) is 4.27. The molecule has 0 bridgehead atoms. The Hall–Kier alpha value is 0.0500. The summed E-state index contributed by atoms with van der Waals surface area (Å²) in [7, 11) is 0. The molecule has 0 rings (SSSR count). The second-order valence-electron chi connectivity index (χ2n) is 2.13. The molecule has 0 aliphatic carbocycles. The van der Waals surface area contributed by atoms with E-state index in [0.29, 0.717) is 11.8 Å². The molecule has 2 N–H and O–H groups in total. The summed E-state index contributed by atoms with van der Waals surface area (Å²) in [6, 6.07) is 0. The van der Waals surface area contributed by atoms with Crippen LogP contribution in [0.15, 0.2) is 12.2 Å². The van der Waals surface area contributed by atoms with Gasteiger partial charge in [0.15, 0.2) is 0 Å². The van der Waals surface area contributed by atoms with Gasteiger partial charge in [0.25, 0.3) is 0 Å². The standard InChI is InChI=1S/C7H15NS/c1-7(9)5-3-2-4-6-8/h2,4,7,9H,3,5-6,8H2,1H3/b4-2-. The van der Waals surface area contributed by atoms with Crippen molar-refractivity contribution in [3.8, 4) is 0 Å². The summed E-state index contributed by atoms with van der Waals surface area (Å²) in [5, 5.41) is 0.507. The van der Waals surface area contributed by atoms with Crippen molar-refractivity contribution in [2.45, 2.75) is 25.0 Å². The third-order valence-electron chi connectivity index (χ3n) is 1.05. The molecule has 0 aliphatic rings. The molecule has 0 aromatic rings. The number of nitrogens with two attached hydrogens (primary N) is 1. The average Bonchev–Trinajstić information content (AvgIpc) is 1.80. The molecular formula is C7H15NS. The third-order valence-corrected chi connectivity index (χ3v) is 1.31. The van der Waals surface area contributed by atoms with Gasteiger partial charge in [-0.05, 0) is 18.1 Å². The first-order valence-electron chi connectivity index (χ1n) is 3.30. The van der Waals surface area contributed by atoms with Gasteiger partial charge < -0.3 is 5.73 Å². The van der Waals surface area contributed by atoms with Gasteiger partial charge in [-0.3, -0.25) is 0 Å². The lowest BCUT2D eigenvalue weighted by atomic mass is 10.2. The number of thiol groups is 1. The summed E-state index contributed by atoms with van der Waals surface area (Å²) in [4.78, 5) is 0. The van der Waals surface area contributed by atoms with Crippen LogP contribution in [0, 0.1) is 0 Å².